The second kappa shape index (κ2) is 10.7. The van der Waals surface area contributed by atoms with Gasteiger partial charge in [0, 0.05) is 41.7 Å². The summed E-state index contributed by atoms with van der Waals surface area (Å²) in [5, 5.41) is 7.01. The van der Waals surface area contributed by atoms with Crippen molar-refractivity contribution in [1.29, 1.82) is 0 Å². The fourth-order valence-electron chi connectivity index (χ4n) is 4.25. The Kier molecular flexibility index (Phi) is 6.99. The van der Waals surface area contributed by atoms with Crippen molar-refractivity contribution in [1.82, 2.24) is 15.3 Å². The summed E-state index contributed by atoms with van der Waals surface area (Å²) in [5.74, 6) is -0.919. The fourth-order valence-corrected chi connectivity index (χ4v) is 4.25. The number of fused-ring (bicyclic) bond motifs is 1. The van der Waals surface area contributed by atoms with E-state index in [9.17, 15) is 14.0 Å². The largest absolute Gasteiger partial charge is 0.465 e. The monoisotopic (exact) mass is 512 g/mol. The molecule has 0 aliphatic carbocycles. The molecule has 0 saturated heterocycles. The molecule has 0 atom stereocenters. The molecule has 0 saturated carbocycles. The predicted octanol–water partition coefficient (Wildman–Crippen LogP) is 4.90. The number of hydrogen-bond acceptors (Lipinski definition) is 6. The molecule has 0 radical (unpaired) electrons. The summed E-state index contributed by atoms with van der Waals surface area (Å²) < 4.78 is 19.6. The second-order valence-electron chi connectivity index (χ2n) is 8.84. The van der Waals surface area contributed by atoms with Crippen LogP contribution < -0.4 is 5.32 Å². The van der Waals surface area contributed by atoms with Crippen LogP contribution >= 0.6 is 0 Å². The topological polar surface area (TPSA) is 106 Å². The van der Waals surface area contributed by atoms with Crippen molar-refractivity contribution in [3.8, 4) is 22.5 Å². The first-order chi connectivity index (χ1) is 18.4. The fraction of sp³-hybridized carbons (Fsp3) is 0.172. The van der Waals surface area contributed by atoms with Crippen LogP contribution in [0, 0.1) is 5.82 Å². The highest BCUT2D eigenvalue weighted by Gasteiger charge is 2.20. The van der Waals surface area contributed by atoms with Crippen LogP contribution in [-0.4, -0.2) is 41.2 Å². The standard InChI is InChI=1S/C29H25FN4O4/c1-17(34-38-16-18-3-5-19(6-4-18)29(36)37-2)20-7-8-24(30)22(13-20)27-14-21(9-11-31-27)26-15-23-25(33-26)10-12-32-28(23)35/h3-9,11,13-15,33H,10,12,16H2,1-2H3,(H,32,35). The Hall–Kier alpha value is -4.79. The van der Waals surface area contributed by atoms with Crippen LogP contribution in [0.15, 0.2) is 72.0 Å². The number of hydrogen-bond donors (Lipinski definition) is 2. The van der Waals surface area contributed by atoms with E-state index in [0.717, 1.165) is 28.9 Å². The maximum Gasteiger partial charge on any atom is 0.337 e. The van der Waals surface area contributed by atoms with Gasteiger partial charge in [-0.2, -0.15) is 0 Å². The molecule has 0 unspecified atom stereocenters. The van der Waals surface area contributed by atoms with Crippen molar-refractivity contribution < 1.29 is 23.6 Å². The van der Waals surface area contributed by atoms with Gasteiger partial charge in [-0.05, 0) is 60.5 Å². The third kappa shape index (κ3) is 5.17. The molecule has 1 aliphatic heterocycles. The van der Waals surface area contributed by atoms with Gasteiger partial charge in [-0.25, -0.2) is 9.18 Å². The van der Waals surface area contributed by atoms with Crippen LogP contribution in [-0.2, 0) is 22.6 Å². The number of aromatic amines is 1. The van der Waals surface area contributed by atoms with Crippen LogP contribution in [0.2, 0.25) is 0 Å². The summed E-state index contributed by atoms with van der Waals surface area (Å²) >= 11 is 0. The number of aromatic nitrogens is 2. The second-order valence-corrected chi connectivity index (χ2v) is 8.84. The van der Waals surface area contributed by atoms with Gasteiger partial charge in [-0.1, -0.05) is 23.4 Å². The van der Waals surface area contributed by atoms with Gasteiger partial charge >= 0.3 is 5.97 Å². The smallest absolute Gasteiger partial charge is 0.337 e. The molecule has 2 aromatic heterocycles. The number of carbonyl (C=O) groups excluding carboxylic acids is 2. The first-order valence-electron chi connectivity index (χ1n) is 12.0. The van der Waals surface area contributed by atoms with Crippen LogP contribution in [0.25, 0.3) is 22.5 Å². The van der Waals surface area contributed by atoms with Crippen LogP contribution in [0.3, 0.4) is 0 Å². The molecule has 1 amide bonds. The van der Waals surface area contributed by atoms with Crippen molar-refractivity contribution in [3.05, 3.63) is 101 Å². The Labute approximate surface area is 218 Å². The highest BCUT2D eigenvalue weighted by molar-refractivity contribution is 5.99. The lowest BCUT2D eigenvalue weighted by Crippen LogP contribution is -2.31. The summed E-state index contributed by atoms with van der Waals surface area (Å²) in [6.07, 6.45) is 2.35. The van der Waals surface area contributed by atoms with Crippen molar-refractivity contribution in [3.63, 3.8) is 0 Å². The quantitative estimate of drug-likeness (QED) is 0.208. The lowest BCUT2D eigenvalue weighted by Gasteiger charge is -2.11. The average molecular weight is 513 g/mol. The van der Waals surface area contributed by atoms with Gasteiger partial charge < -0.3 is 19.9 Å². The van der Waals surface area contributed by atoms with E-state index in [2.05, 4.69) is 20.4 Å². The van der Waals surface area contributed by atoms with E-state index in [0.29, 0.717) is 40.2 Å². The molecular formula is C29H25FN4O4. The van der Waals surface area contributed by atoms with E-state index >= 15 is 0 Å². The van der Waals surface area contributed by atoms with E-state index in [1.807, 2.05) is 12.1 Å². The van der Waals surface area contributed by atoms with Gasteiger partial charge in [0.1, 0.15) is 12.4 Å². The molecule has 8 nitrogen and oxygen atoms in total. The van der Waals surface area contributed by atoms with E-state index in [1.165, 1.54) is 13.2 Å². The molecule has 2 N–H and O–H groups in total. The van der Waals surface area contributed by atoms with Crippen molar-refractivity contribution in [2.45, 2.75) is 20.0 Å². The third-order valence-electron chi connectivity index (χ3n) is 6.34. The summed E-state index contributed by atoms with van der Waals surface area (Å²) in [6.45, 7) is 2.57. The first-order valence-corrected chi connectivity index (χ1v) is 12.0. The SMILES string of the molecule is COC(=O)c1ccc(CON=C(C)c2ccc(F)c(-c3cc(-c4cc5c([nH]4)CCNC5=O)ccn3)c2)cc1. The lowest BCUT2D eigenvalue weighted by molar-refractivity contribution is 0.0600. The molecule has 4 aromatic rings. The van der Waals surface area contributed by atoms with Gasteiger partial charge in [-0.15, -0.1) is 0 Å². The predicted molar refractivity (Wildman–Crippen MR) is 140 cm³/mol. The molecule has 5 rings (SSSR count). The number of esters is 1. The summed E-state index contributed by atoms with van der Waals surface area (Å²) in [5.41, 5.74) is 6.41. The Bertz CT molecular complexity index is 1540. The number of nitrogens with zero attached hydrogens (tertiary/aromatic N) is 2. The number of oxime groups is 1. The van der Waals surface area contributed by atoms with E-state index in [4.69, 9.17) is 9.57 Å². The number of ether oxygens (including phenoxy) is 1. The number of methoxy groups -OCH3 is 1. The normalized spacial score (nSPS) is 13.0. The molecule has 0 fully saturated rings. The molecule has 1 aliphatic rings. The highest BCUT2D eigenvalue weighted by Crippen LogP contribution is 2.29. The van der Waals surface area contributed by atoms with Gasteiger partial charge in [-0.3, -0.25) is 9.78 Å². The third-order valence-corrected chi connectivity index (χ3v) is 6.34. The number of rotatable bonds is 7. The molecular weight excluding hydrogens is 487 g/mol. The minimum atomic E-state index is -0.414. The van der Waals surface area contributed by atoms with E-state index < -0.39 is 11.8 Å². The minimum Gasteiger partial charge on any atom is -0.465 e. The van der Waals surface area contributed by atoms with Crippen LogP contribution in [0.4, 0.5) is 4.39 Å². The molecule has 3 heterocycles. The van der Waals surface area contributed by atoms with Crippen molar-refractivity contribution in [2.24, 2.45) is 5.16 Å². The maximum absolute atomic E-state index is 14.9. The number of carbonyl (C=O) groups is 2. The molecule has 9 heteroatoms. The summed E-state index contributed by atoms with van der Waals surface area (Å²) in [6, 6.07) is 17.0. The zero-order valence-corrected chi connectivity index (χ0v) is 20.9. The van der Waals surface area contributed by atoms with E-state index in [1.54, 1.807) is 55.6 Å². The summed E-state index contributed by atoms with van der Waals surface area (Å²) in [4.78, 5) is 36.9. The Balaban J connectivity index is 1.34. The number of pyridine rings is 1. The van der Waals surface area contributed by atoms with Gasteiger partial charge in [0.2, 0.25) is 0 Å². The number of benzene rings is 2. The van der Waals surface area contributed by atoms with Crippen molar-refractivity contribution in [2.75, 3.05) is 13.7 Å². The van der Waals surface area contributed by atoms with Gasteiger partial charge in [0.15, 0.2) is 0 Å². The molecule has 2 aromatic carbocycles. The van der Waals surface area contributed by atoms with Crippen molar-refractivity contribution >= 4 is 17.6 Å². The number of nitrogens with one attached hydrogen (secondary N) is 2. The Morgan fingerprint density at radius 2 is 1.84 bits per heavy atom. The molecule has 0 bridgehead atoms. The number of H-pyrrole nitrogens is 1. The Morgan fingerprint density at radius 3 is 2.61 bits per heavy atom. The van der Waals surface area contributed by atoms with Gasteiger partial charge in [0.05, 0.1) is 29.6 Å². The molecule has 192 valence electrons. The van der Waals surface area contributed by atoms with E-state index in [-0.39, 0.29) is 12.5 Å². The average Bonchev–Trinajstić information content (AvgIpc) is 3.39. The van der Waals surface area contributed by atoms with Crippen LogP contribution in [0.5, 0.6) is 0 Å². The minimum absolute atomic E-state index is 0.100. The molecule has 38 heavy (non-hydrogen) atoms. The Morgan fingerprint density at radius 1 is 1.05 bits per heavy atom. The van der Waals surface area contributed by atoms with Gasteiger partial charge in [0.25, 0.3) is 5.91 Å². The number of halogens is 1. The lowest BCUT2D eigenvalue weighted by atomic mass is 10.0. The summed E-state index contributed by atoms with van der Waals surface area (Å²) in [7, 11) is 1.33. The zero-order chi connectivity index (χ0) is 26.6. The first kappa shape index (κ1) is 24.9. The highest BCUT2D eigenvalue weighted by atomic mass is 19.1. The van der Waals surface area contributed by atoms with Crippen LogP contribution in [0.1, 0.15) is 44.5 Å². The zero-order valence-electron chi connectivity index (χ0n) is 20.9. The molecule has 0 spiro atoms. The number of amides is 1. The maximum atomic E-state index is 14.9.